The molecular weight excluding hydrogens is 289 g/mol. The van der Waals surface area contributed by atoms with E-state index in [1.54, 1.807) is 6.07 Å². The van der Waals surface area contributed by atoms with Crippen LogP contribution in [-0.2, 0) is 20.7 Å². The van der Waals surface area contributed by atoms with Crippen molar-refractivity contribution in [2.24, 2.45) is 5.92 Å². The van der Waals surface area contributed by atoms with E-state index in [0.717, 1.165) is 0 Å². The van der Waals surface area contributed by atoms with Crippen molar-refractivity contribution < 1.29 is 23.8 Å². The van der Waals surface area contributed by atoms with Crippen molar-refractivity contribution in [2.45, 2.75) is 38.8 Å². The lowest BCUT2D eigenvalue weighted by molar-refractivity contribution is -0.146. The fourth-order valence-electron chi connectivity index (χ4n) is 2.06. The van der Waals surface area contributed by atoms with E-state index in [0.29, 0.717) is 12.0 Å². The number of benzene rings is 1. The van der Waals surface area contributed by atoms with Gasteiger partial charge in [0, 0.05) is 6.42 Å². The summed E-state index contributed by atoms with van der Waals surface area (Å²) in [6, 6.07) is 4.78. The molecule has 0 saturated carbocycles. The number of methoxy groups -OCH3 is 1. The summed E-state index contributed by atoms with van der Waals surface area (Å²) < 4.78 is 17.8. The maximum absolute atomic E-state index is 13.2. The highest BCUT2D eigenvalue weighted by Gasteiger charge is 2.25. The summed E-state index contributed by atoms with van der Waals surface area (Å²) in [6.45, 7) is 3.75. The van der Waals surface area contributed by atoms with Gasteiger partial charge in [0.05, 0.1) is 7.11 Å². The second kappa shape index (κ2) is 8.48. The van der Waals surface area contributed by atoms with E-state index >= 15 is 0 Å². The van der Waals surface area contributed by atoms with Crippen molar-refractivity contribution in [3.8, 4) is 0 Å². The lowest BCUT2D eigenvalue weighted by atomic mass is 10.0. The molecule has 0 aromatic heterocycles. The van der Waals surface area contributed by atoms with Crippen molar-refractivity contribution in [1.82, 2.24) is 5.32 Å². The highest BCUT2D eigenvalue weighted by Crippen LogP contribution is 2.09. The molecule has 122 valence electrons. The minimum absolute atomic E-state index is 0.0879. The highest BCUT2D eigenvalue weighted by molar-refractivity contribution is 5.86. The van der Waals surface area contributed by atoms with E-state index in [1.807, 2.05) is 13.8 Å². The maximum atomic E-state index is 13.2. The smallest absolute Gasteiger partial charge is 0.328 e. The Bertz CT molecular complexity index is 519. The first-order valence-electron chi connectivity index (χ1n) is 7.14. The molecule has 0 heterocycles. The molecular formula is C16H22FNO4. The van der Waals surface area contributed by atoms with Crippen LogP contribution in [0.25, 0.3) is 0 Å². The number of hydrogen-bond acceptors (Lipinski definition) is 4. The summed E-state index contributed by atoms with van der Waals surface area (Å²) in [5.74, 6) is -1.57. The van der Waals surface area contributed by atoms with Crippen LogP contribution in [-0.4, -0.2) is 36.2 Å². The Morgan fingerprint density at radius 3 is 2.59 bits per heavy atom. The normalized spacial score (nSPS) is 13.5. The number of halogens is 1. The molecule has 22 heavy (non-hydrogen) atoms. The van der Waals surface area contributed by atoms with Crippen LogP contribution in [0, 0.1) is 11.7 Å². The van der Waals surface area contributed by atoms with Gasteiger partial charge in [0.15, 0.2) is 0 Å². The Morgan fingerprint density at radius 1 is 1.36 bits per heavy atom. The number of nitrogens with one attached hydrogen (secondary N) is 1. The average molecular weight is 311 g/mol. The number of aliphatic hydroxyl groups is 1. The van der Waals surface area contributed by atoms with Gasteiger partial charge in [-0.25, -0.2) is 9.18 Å². The molecule has 0 aliphatic rings. The molecule has 1 rings (SSSR count). The van der Waals surface area contributed by atoms with Gasteiger partial charge in [0.2, 0.25) is 5.91 Å². The molecule has 0 saturated heterocycles. The van der Waals surface area contributed by atoms with Gasteiger partial charge in [-0.3, -0.25) is 4.79 Å². The number of aliphatic hydroxyl groups excluding tert-OH is 1. The summed E-state index contributed by atoms with van der Waals surface area (Å²) in [4.78, 5) is 23.7. The first kappa shape index (κ1) is 18.1. The first-order chi connectivity index (χ1) is 10.3. The number of carbonyl (C=O) groups excluding carboxylic acids is 2. The lowest BCUT2D eigenvalue weighted by Gasteiger charge is -2.19. The minimum Gasteiger partial charge on any atom is -0.467 e. The Hall–Kier alpha value is -1.95. The Morgan fingerprint density at radius 2 is 2.05 bits per heavy atom. The molecule has 2 N–H and O–H groups in total. The number of ether oxygens (including phenoxy) is 1. The predicted molar refractivity (Wildman–Crippen MR) is 79.5 cm³/mol. The van der Waals surface area contributed by atoms with Crippen molar-refractivity contribution in [1.29, 1.82) is 0 Å². The fourth-order valence-corrected chi connectivity index (χ4v) is 2.06. The van der Waals surface area contributed by atoms with Crippen molar-refractivity contribution in [3.63, 3.8) is 0 Å². The summed E-state index contributed by atoms with van der Waals surface area (Å²) in [5, 5.41) is 12.2. The molecule has 0 spiro atoms. The predicted octanol–water partition coefficient (Wildman–Crippen LogP) is 1.43. The third kappa shape index (κ3) is 5.81. The highest BCUT2D eigenvalue weighted by atomic mass is 19.1. The van der Waals surface area contributed by atoms with Crippen LogP contribution in [0.3, 0.4) is 0 Å². The summed E-state index contributed by atoms with van der Waals surface area (Å²) in [5.41, 5.74) is 0.550. The molecule has 6 heteroatoms. The molecule has 1 aromatic rings. The quantitative estimate of drug-likeness (QED) is 0.747. The van der Waals surface area contributed by atoms with Gasteiger partial charge < -0.3 is 15.2 Å². The second-order valence-electron chi connectivity index (χ2n) is 5.56. The molecule has 1 amide bonds. The summed E-state index contributed by atoms with van der Waals surface area (Å²) in [7, 11) is 1.21. The molecule has 0 radical (unpaired) electrons. The van der Waals surface area contributed by atoms with Crippen LogP contribution >= 0.6 is 0 Å². The first-order valence-corrected chi connectivity index (χ1v) is 7.14. The molecule has 0 aliphatic heterocycles. The van der Waals surface area contributed by atoms with E-state index in [2.05, 4.69) is 10.1 Å². The molecule has 0 unspecified atom stereocenters. The van der Waals surface area contributed by atoms with Crippen molar-refractivity contribution in [2.75, 3.05) is 7.11 Å². The molecule has 1 aromatic carbocycles. The Balaban J connectivity index is 2.77. The van der Waals surface area contributed by atoms with Crippen molar-refractivity contribution in [3.05, 3.63) is 35.6 Å². The second-order valence-corrected chi connectivity index (χ2v) is 5.56. The van der Waals surface area contributed by atoms with Gasteiger partial charge in [-0.2, -0.15) is 0 Å². The largest absolute Gasteiger partial charge is 0.467 e. The van der Waals surface area contributed by atoms with E-state index in [4.69, 9.17) is 0 Å². The van der Waals surface area contributed by atoms with E-state index in [1.165, 1.54) is 25.3 Å². The third-order valence-corrected chi connectivity index (χ3v) is 3.13. The van der Waals surface area contributed by atoms with Gasteiger partial charge in [0.25, 0.3) is 0 Å². The monoisotopic (exact) mass is 311 g/mol. The van der Waals surface area contributed by atoms with Gasteiger partial charge >= 0.3 is 5.97 Å². The molecule has 5 nitrogen and oxygen atoms in total. The minimum atomic E-state index is -1.19. The third-order valence-electron chi connectivity index (χ3n) is 3.13. The fraction of sp³-hybridized carbons (Fsp3) is 0.500. The zero-order chi connectivity index (χ0) is 16.7. The SMILES string of the molecule is COC(=O)[C@H](Cc1cccc(F)c1)NC(=O)[C@@H](O)CC(C)C. The van der Waals surface area contributed by atoms with Crippen LogP contribution in [0.5, 0.6) is 0 Å². The van der Waals surface area contributed by atoms with Crippen LogP contribution in [0.4, 0.5) is 4.39 Å². The van der Waals surface area contributed by atoms with E-state index in [9.17, 15) is 19.1 Å². The number of hydrogen-bond donors (Lipinski definition) is 2. The van der Waals surface area contributed by atoms with Crippen LogP contribution in [0.15, 0.2) is 24.3 Å². The van der Waals surface area contributed by atoms with Gasteiger partial charge in [-0.1, -0.05) is 26.0 Å². The Kier molecular flexibility index (Phi) is 6.98. The summed E-state index contributed by atoms with van der Waals surface area (Å²) in [6.07, 6.45) is -0.816. The molecule has 0 bridgehead atoms. The standard InChI is InChI=1S/C16H22FNO4/c1-10(2)7-14(19)15(20)18-13(16(21)22-3)9-11-5-4-6-12(17)8-11/h4-6,8,10,13-14,19H,7,9H2,1-3H3,(H,18,20)/t13-,14-/m0/s1. The molecule has 0 aliphatic carbocycles. The number of rotatable bonds is 7. The molecule has 0 fully saturated rings. The zero-order valence-corrected chi connectivity index (χ0v) is 13.0. The van der Waals surface area contributed by atoms with Gasteiger partial charge in [-0.15, -0.1) is 0 Å². The average Bonchev–Trinajstić information content (AvgIpc) is 2.44. The van der Waals surface area contributed by atoms with E-state index < -0.39 is 29.8 Å². The number of carbonyl (C=O) groups is 2. The van der Waals surface area contributed by atoms with Crippen molar-refractivity contribution >= 4 is 11.9 Å². The summed E-state index contributed by atoms with van der Waals surface area (Å²) >= 11 is 0. The number of esters is 1. The van der Waals surface area contributed by atoms with E-state index in [-0.39, 0.29) is 12.3 Å². The van der Waals surface area contributed by atoms with Gasteiger partial charge in [0.1, 0.15) is 18.0 Å². The topological polar surface area (TPSA) is 75.6 Å². The number of amides is 1. The maximum Gasteiger partial charge on any atom is 0.328 e. The Labute approximate surface area is 129 Å². The van der Waals surface area contributed by atoms with Gasteiger partial charge in [-0.05, 0) is 30.0 Å². The lowest BCUT2D eigenvalue weighted by Crippen LogP contribution is -2.47. The van der Waals surface area contributed by atoms with Crippen LogP contribution < -0.4 is 5.32 Å². The van der Waals surface area contributed by atoms with Crippen LogP contribution in [0.2, 0.25) is 0 Å². The zero-order valence-electron chi connectivity index (χ0n) is 13.0. The van der Waals surface area contributed by atoms with Crippen LogP contribution in [0.1, 0.15) is 25.8 Å². The molecule has 2 atom stereocenters.